The number of rotatable bonds is 7. The van der Waals surface area contributed by atoms with Crippen LogP contribution in [0.5, 0.6) is 5.75 Å². The SMILES string of the molecule is O=C(COc1cccc(C(F)(F)F)c1)NNC(=O)Cc1csc(Cc2ccccc2)n1. The summed E-state index contributed by atoms with van der Waals surface area (Å²) in [6, 6.07) is 14.0. The third kappa shape index (κ3) is 7.10. The molecule has 10 heteroatoms. The Kier molecular flexibility index (Phi) is 7.24. The molecule has 2 amide bonds. The van der Waals surface area contributed by atoms with Gasteiger partial charge in [-0.2, -0.15) is 13.2 Å². The van der Waals surface area contributed by atoms with E-state index in [1.165, 1.54) is 23.5 Å². The van der Waals surface area contributed by atoms with Crippen molar-refractivity contribution in [2.45, 2.75) is 19.0 Å². The van der Waals surface area contributed by atoms with Crippen molar-refractivity contribution in [3.63, 3.8) is 0 Å². The maximum absolute atomic E-state index is 12.7. The number of hydrogen-bond acceptors (Lipinski definition) is 5. The van der Waals surface area contributed by atoms with Gasteiger partial charge in [-0.15, -0.1) is 11.3 Å². The normalized spacial score (nSPS) is 11.1. The number of amides is 2. The van der Waals surface area contributed by atoms with Crippen molar-refractivity contribution in [3.05, 3.63) is 81.8 Å². The van der Waals surface area contributed by atoms with Gasteiger partial charge in [0.1, 0.15) is 5.75 Å². The Morgan fingerprint density at radius 3 is 2.48 bits per heavy atom. The van der Waals surface area contributed by atoms with Crippen LogP contribution in [0.1, 0.15) is 21.8 Å². The van der Waals surface area contributed by atoms with Crippen LogP contribution in [0.15, 0.2) is 60.0 Å². The maximum Gasteiger partial charge on any atom is 0.416 e. The molecular weight excluding hydrogens is 431 g/mol. The molecule has 0 unspecified atom stereocenters. The molecule has 3 aromatic rings. The smallest absolute Gasteiger partial charge is 0.416 e. The summed E-state index contributed by atoms with van der Waals surface area (Å²) in [5.74, 6) is -1.30. The molecule has 0 aliphatic heterocycles. The molecule has 0 fully saturated rings. The van der Waals surface area contributed by atoms with Gasteiger partial charge in [0.25, 0.3) is 5.91 Å². The summed E-state index contributed by atoms with van der Waals surface area (Å²) in [5.41, 5.74) is 5.19. The lowest BCUT2D eigenvalue weighted by Gasteiger charge is -2.10. The number of nitrogens with zero attached hydrogens (tertiary/aromatic N) is 1. The van der Waals surface area contributed by atoms with E-state index in [2.05, 4.69) is 15.8 Å². The fourth-order valence-corrected chi connectivity index (χ4v) is 3.41. The van der Waals surface area contributed by atoms with Gasteiger partial charge in [0.05, 0.1) is 22.7 Å². The average molecular weight is 449 g/mol. The highest BCUT2D eigenvalue weighted by Crippen LogP contribution is 2.31. The lowest BCUT2D eigenvalue weighted by Crippen LogP contribution is -2.44. The van der Waals surface area contributed by atoms with E-state index in [1.54, 1.807) is 5.38 Å². The second-order valence-electron chi connectivity index (χ2n) is 6.48. The van der Waals surface area contributed by atoms with Crippen LogP contribution in [-0.4, -0.2) is 23.4 Å². The van der Waals surface area contributed by atoms with Crippen LogP contribution in [0.4, 0.5) is 13.2 Å². The fourth-order valence-electron chi connectivity index (χ4n) is 2.58. The zero-order valence-electron chi connectivity index (χ0n) is 16.1. The highest BCUT2D eigenvalue weighted by atomic mass is 32.1. The molecule has 0 bridgehead atoms. The van der Waals surface area contributed by atoms with Crippen LogP contribution >= 0.6 is 11.3 Å². The standard InChI is InChI=1S/C21H18F3N3O3S/c22-21(23,24)15-7-4-8-17(10-15)30-12-19(29)27-26-18(28)11-16-13-31-20(25-16)9-14-5-2-1-3-6-14/h1-8,10,13H,9,11-12H2,(H,26,28)(H,27,29). The van der Waals surface area contributed by atoms with Crippen molar-refractivity contribution in [1.29, 1.82) is 0 Å². The van der Waals surface area contributed by atoms with E-state index in [4.69, 9.17) is 4.74 Å². The molecule has 0 saturated heterocycles. The molecule has 0 atom stereocenters. The lowest BCUT2D eigenvalue weighted by atomic mass is 10.2. The monoisotopic (exact) mass is 449 g/mol. The Morgan fingerprint density at radius 2 is 1.74 bits per heavy atom. The fraction of sp³-hybridized carbons (Fsp3) is 0.190. The van der Waals surface area contributed by atoms with E-state index >= 15 is 0 Å². The summed E-state index contributed by atoms with van der Waals surface area (Å²) in [6.45, 7) is -0.556. The van der Waals surface area contributed by atoms with Crippen molar-refractivity contribution >= 4 is 23.2 Å². The molecule has 0 saturated carbocycles. The van der Waals surface area contributed by atoms with Gasteiger partial charge >= 0.3 is 6.18 Å². The molecule has 0 radical (unpaired) electrons. The second-order valence-corrected chi connectivity index (χ2v) is 7.43. The molecule has 0 aliphatic carbocycles. The van der Waals surface area contributed by atoms with Crippen molar-refractivity contribution in [2.75, 3.05) is 6.61 Å². The largest absolute Gasteiger partial charge is 0.484 e. The van der Waals surface area contributed by atoms with Crippen molar-refractivity contribution in [3.8, 4) is 5.75 Å². The third-order valence-corrected chi connectivity index (χ3v) is 4.91. The Morgan fingerprint density at radius 1 is 1.00 bits per heavy atom. The van der Waals surface area contributed by atoms with E-state index in [0.29, 0.717) is 12.1 Å². The van der Waals surface area contributed by atoms with E-state index in [-0.39, 0.29) is 12.2 Å². The third-order valence-electron chi connectivity index (χ3n) is 4.01. The number of nitrogens with one attached hydrogen (secondary N) is 2. The predicted octanol–water partition coefficient (Wildman–Crippen LogP) is 3.52. The van der Waals surface area contributed by atoms with Gasteiger partial charge in [-0.25, -0.2) is 4.98 Å². The minimum atomic E-state index is -4.51. The first-order chi connectivity index (χ1) is 14.8. The highest BCUT2D eigenvalue weighted by molar-refractivity contribution is 7.09. The van der Waals surface area contributed by atoms with Crippen LogP contribution in [0.2, 0.25) is 0 Å². The minimum absolute atomic E-state index is 0.0277. The molecule has 1 aromatic heterocycles. The minimum Gasteiger partial charge on any atom is -0.484 e. The van der Waals surface area contributed by atoms with Crippen LogP contribution in [-0.2, 0) is 28.6 Å². The van der Waals surface area contributed by atoms with Crippen LogP contribution in [0.3, 0.4) is 0 Å². The first-order valence-electron chi connectivity index (χ1n) is 9.14. The molecule has 3 rings (SSSR count). The number of carbonyl (C=O) groups excluding carboxylic acids is 2. The van der Waals surface area contributed by atoms with Gasteiger partial charge in [-0.1, -0.05) is 36.4 Å². The number of halogens is 3. The van der Waals surface area contributed by atoms with Gasteiger partial charge in [0.2, 0.25) is 5.91 Å². The maximum atomic E-state index is 12.7. The van der Waals surface area contributed by atoms with Crippen molar-refractivity contribution in [1.82, 2.24) is 15.8 Å². The molecule has 1 heterocycles. The Hall–Kier alpha value is -3.40. The molecule has 2 aromatic carbocycles. The molecular formula is C21H18F3N3O3S. The van der Waals surface area contributed by atoms with Crippen molar-refractivity contribution < 1.29 is 27.5 Å². The van der Waals surface area contributed by atoms with Gasteiger partial charge in [0.15, 0.2) is 6.61 Å². The average Bonchev–Trinajstić information content (AvgIpc) is 3.17. The molecule has 2 N–H and O–H groups in total. The molecule has 0 aliphatic rings. The summed E-state index contributed by atoms with van der Waals surface area (Å²) in [7, 11) is 0. The van der Waals surface area contributed by atoms with E-state index in [9.17, 15) is 22.8 Å². The van der Waals surface area contributed by atoms with Gasteiger partial charge < -0.3 is 4.74 Å². The van der Waals surface area contributed by atoms with Crippen LogP contribution in [0.25, 0.3) is 0 Å². The number of thiazole rings is 1. The predicted molar refractivity (Wildman–Crippen MR) is 108 cm³/mol. The Balaban J connectivity index is 1.41. The number of hydrogen-bond donors (Lipinski definition) is 2. The number of benzene rings is 2. The van der Waals surface area contributed by atoms with Gasteiger partial charge in [0, 0.05) is 11.8 Å². The Bertz CT molecular complexity index is 1040. The summed E-state index contributed by atoms with van der Waals surface area (Å²) >= 11 is 1.44. The van der Waals surface area contributed by atoms with E-state index in [0.717, 1.165) is 22.7 Å². The van der Waals surface area contributed by atoms with Gasteiger partial charge in [-0.3, -0.25) is 20.4 Å². The van der Waals surface area contributed by atoms with Crippen LogP contribution < -0.4 is 15.6 Å². The van der Waals surface area contributed by atoms with E-state index in [1.807, 2.05) is 30.3 Å². The first kappa shape index (κ1) is 22.3. The highest BCUT2D eigenvalue weighted by Gasteiger charge is 2.30. The van der Waals surface area contributed by atoms with E-state index < -0.39 is 30.2 Å². The Labute approximate surface area is 180 Å². The number of hydrazine groups is 1. The topological polar surface area (TPSA) is 80.3 Å². The number of aromatic nitrogens is 1. The number of alkyl halides is 3. The number of ether oxygens (including phenoxy) is 1. The summed E-state index contributed by atoms with van der Waals surface area (Å²) in [5, 5.41) is 2.64. The first-order valence-corrected chi connectivity index (χ1v) is 10.0. The summed E-state index contributed by atoms with van der Waals surface area (Å²) in [4.78, 5) is 28.2. The van der Waals surface area contributed by atoms with Crippen LogP contribution in [0, 0.1) is 0 Å². The molecule has 0 spiro atoms. The lowest BCUT2D eigenvalue weighted by molar-refractivity contribution is -0.137. The molecule has 162 valence electrons. The molecule has 31 heavy (non-hydrogen) atoms. The zero-order chi connectivity index (χ0) is 22.3. The summed E-state index contributed by atoms with van der Waals surface area (Å²) < 4.78 is 43.1. The second kappa shape index (κ2) is 10.1. The molecule has 6 nitrogen and oxygen atoms in total. The number of carbonyl (C=O) groups is 2. The quantitative estimate of drug-likeness (QED) is 0.541. The van der Waals surface area contributed by atoms with Crippen molar-refractivity contribution in [2.24, 2.45) is 0 Å². The summed E-state index contributed by atoms with van der Waals surface area (Å²) in [6.07, 6.45) is -3.87. The zero-order valence-corrected chi connectivity index (χ0v) is 16.9. The van der Waals surface area contributed by atoms with Gasteiger partial charge in [-0.05, 0) is 23.8 Å².